The van der Waals surface area contributed by atoms with Gasteiger partial charge in [-0.25, -0.2) is 9.78 Å². The molecule has 2 aromatic heterocycles. The van der Waals surface area contributed by atoms with Gasteiger partial charge in [-0.2, -0.15) is 0 Å². The number of hydrogen-bond acceptors (Lipinski definition) is 12. The number of ether oxygens (including phenoxy) is 3. The minimum atomic E-state index is -0.970. The molecule has 0 aliphatic heterocycles. The van der Waals surface area contributed by atoms with Crippen molar-refractivity contribution < 1.29 is 33.7 Å². The lowest BCUT2D eigenvalue weighted by atomic mass is 9.98. The van der Waals surface area contributed by atoms with Crippen molar-refractivity contribution in [2.45, 2.75) is 45.9 Å². The summed E-state index contributed by atoms with van der Waals surface area (Å²) in [5.41, 5.74) is 3.84. The van der Waals surface area contributed by atoms with Crippen molar-refractivity contribution in [2.24, 2.45) is 0 Å². The zero-order chi connectivity index (χ0) is 32.2. The van der Waals surface area contributed by atoms with Crippen LogP contribution in [0.4, 0.5) is 4.79 Å². The van der Waals surface area contributed by atoms with E-state index in [1.807, 2.05) is 53.1 Å². The van der Waals surface area contributed by atoms with Gasteiger partial charge < -0.3 is 23.6 Å². The first-order chi connectivity index (χ1) is 21.8. The smallest absolute Gasteiger partial charge is 0.432 e. The molecule has 0 spiro atoms. The number of rotatable bonds is 17. The van der Waals surface area contributed by atoms with Crippen molar-refractivity contribution in [3.05, 3.63) is 80.9 Å². The third-order valence-corrected chi connectivity index (χ3v) is 6.85. The number of halogens is 1. The monoisotopic (exact) mass is 641 g/mol. The molecule has 16 heteroatoms. The second kappa shape index (κ2) is 16.3. The van der Waals surface area contributed by atoms with Gasteiger partial charge in [0, 0.05) is 18.5 Å². The van der Waals surface area contributed by atoms with Crippen LogP contribution in [0.1, 0.15) is 54.8 Å². The number of tetrazole rings is 1. The lowest BCUT2D eigenvalue weighted by Crippen LogP contribution is -2.19. The summed E-state index contributed by atoms with van der Waals surface area (Å²) in [6, 6.07) is 15.5. The van der Waals surface area contributed by atoms with Crippen molar-refractivity contribution in [1.29, 1.82) is 0 Å². The molecule has 0 saturated carbocycles. The fraction of sp³-hybridized carbons (Fsp3) is 0.379. The SMILES string of the molecule is CCCCc1nc(Cl)c(C=O)n1Cc1ccc(-c2ccccc2-c2nnn(C(C)OC(=O)OCCOCCO[N+](=O)[O-])n2)cc1. The lowest BCUT2D eigenvalue weighted by molar-refractivity contribution is -0.758. The summed E-state index contributed by atoms with van der Waals surface area (Å²) in [6.45, 7) is 3.73. The van der Waals surface area contributed by atoms with Crippen LogP contribution < -0.4 is 0 Å². The molecule has 1 unspecified atom stereocenters. The molecule has 4 rings (SSSR count). The van der Waals surface area contributed by atoms with E-state index in [2.05, 4.69) is 32.2 Å². The van der Waals surface area contributed by atoms with E-state index < -0.39 is 17.5 Å². The maximum atomic E-state index is 12.0. The number of aryl methyl sites for hydroxylation is 1. The Morgan fingerprint density at radius 2 is 1.82 bits per heavy atom. The number of unbranched alkanes of at least 4 members (excludes halogenated alkanes) is 1. The third kappa shape index (κ3) is 9.06. The number of benzene rings is 2. The van der Waals surface area contributed by atoms with E-state index in [0.29, 0.717) is 18.1 Å². The summed E-state index contributed by atoms with van der Waals surface area (Å²) in [7, 11) is 0. The zero-order valence-electron chi connectivity index (χ0n) is 24.7. The highest BCUT2D eigenvalue weighted by molar-refractivity contribution is 6.31. The van der Waals surface area contributed by atoms with E-state index in [-0.39, 0.29) is 31.6 Å². The van der Waals surface area contributed by atoms with Crippen LogP contribution in [0.5, 0.6) is 0 Å². The van der Waals surface area contributed by atoms with E-state index in [0.717, 1.165) is 58.4 Å². The number of aldehydes is 1. The Balaban J connectivity index is 1.39. The Labute approximate surface area is 263 Å². The standard InChI is InChI=1S/C29H32ClN7O8/c1-3-4-9-26-31-27(30)25(19-38)35(26)18-21-10-12-22(13-11-21)23-7-5-6-8-24(23)28-32-34-36(33-28)20(2)45-29(39)43-16-14-42-15-17-44-37(40)41/h5-8,10-13,19-20H,3-4,9,14-18H2,1-2H3. The van der Waals surface area contributed by atoms with Crippen molar-refractivity contribution >= 4 is 24.0 Å². The van der Waals surface area contributed by atoms with Crippen LogP contribution in [-0.4, -0.2) is 73.7 Å². The van der Waals surface area contributed by atoms with Crippen LogP contribution >= 0.6 is 11.6 Å². The van der Waals surface area contributed by atoms with Gasteiger partial charge in [-0.15, -0.1) is 25.1 Å². The minimum Gasteiger partial charge on any atom is -0.432 e. The molecule has 0 radical (unpaired) electrons. The van der Waals surface area contributed by atoms with Crippen molar-refractivity contribution in [2.75, 3.05) is 26.4 Å². The molecule has 0 saturated heterocycles. The Bertz CT molecular complexity index is 1590. The molecule has 15 nitrogen and oxygen atoms in total. The summed E-state index contributed by atoms with van der Waals surface area (Å²) in [6.07, 6.45) is 1.52. The second-order valence-corrected chi connectivity index (χ2v) is 10.0. The number of carbonyl (C=O) groups is 2. The molecule has 1 atom stereocenters. The number of imidazole rings is 1. The fourth-order valence-electron chi connectivity index (χ4n) is 4.36. The molecule has 0 aliphatic carbocycles. The average Bonchev–Trinajstić information content (AvgIpc) is 3.64. The quantitative estimate of drug-likeness (QED) is 0.0499. The lowest BCUT2D eigenvalue weighted by Gasteiger charge is -2.12. The van der Waals surface area contributed by atoms with E-state index in [4.69, 9.17) is 25.8 Å². The molecule has 0 fully saturated rings. The number of hydrogen-bond donors (Lipinski definition) is 0. The zero-order valence-corrected chi connectivity index (χ0v) is 25.5. The summed E-state index contributed by atoms with van der Waals surface area (Å²) in [5, 5.41) is 22.0. The van der Waals surface area contributed by atoms with Gasteiger partial charge in [0.15, 0.2) is 11.4 Å². The van der Waals surface area contributed by atoms with E-state index in [9.17, 15) is 19.7 Å². The second-order valence-electron chi connectivity index (χ2n) is 9.67. The highest BCUT2D eigenvalue weighted by atomic mass is 35.5. The molecule has 0 amide bonds. The Kier molecular flexibility index (Phi) is 11.9. The highest BCUT2D eigenvalue weighted by Gasteiger charge is 2.19. The number of aromatic nitrogens is 6. The molecular weight excluding hydrogens is 610 g/mol. The van der Waals surface area contributed by atoms with Gasteiger partial charge in [0.2, 0.25) is 12.1 Å². The van der Waals surface area contributed by atoms with Crippen LogP contribution in [0.25, 0.3) is 22.5 Å². The Hall–Kier alpha value is -4.89. The number of nitrogens with zero attached hydrogens (tertiary/aromatic N) is 7. The van der Waals surface area contributed by atoms with Crippen LogP contribution in [0, 0.1) is 10.1 Å². The van der Waals surface area contributed by atoms with Gasteiger partial charge in [0.25, 0.3) is 5.09 Å². The minimum absolute atomic E-state index is 0.00568. The van der Waals surface area contributed by atoms with Crippen LogP contribution in [-0.2, 0) is 32.0 Å². The maximum Gasteiger partial charge on any atom is 0.510 e. The van der Waals surface area contributed by atoms with Gasteiger partial charge in [-0.1, -0.05) is 73.5 Å². The first-order valence-electron chi connectivity index (χ1n) is 14.2. The molecule has 238 valence electrons. The number of carbonyl (C=O) groups excluding carboxylic acids is 2. The normalized spacial score (nSPS) is 11.6. The van der Waals surface area contributed by atoms with Crippen molar-refractivity contribution in [3.8, 4) is 22.5 Å². The molecule has 2 heterocycles. The molecular formula is C29H32ClN7O8. The van der Waals surface area contributed by atoms with Crippen LogP contribution in [0.2, 0.25) is 5.15 Å². The Morgan fingerprint density at radius 3 is 2.53 bits per heavy atom. The molecule has 45 heavy (non-hydrogen) atoms. The van der Waals surface area contributed by atoms with Crippen molar-refractivity contribution in [3.63, 3.8) is 0 Å². The first-order valence-corrected chi connectivity index (χ1v) is 14.5. The summed E-state index contributed by atoms with van der Waals surface area (Å²) < 4.78 is 17.1. The third-order valence-electron chi connectivity index (χ3n) is 6.57. The molecule has 2 aromatic carbocycles. The largest absolute Gasteiger partial charge is 0.510 e. The van der Waals surface area contributed by atoms with Gasteiger partial charge >= 0.3 is 6.16 Å². The van der Waals surface area contributed by atoms with E-state index >= 15 is 0 Å². The summed E-state index contributed by atoms with van der Waals surface area (Å²) in [5.74, 6) is 1.11. The predicted molar refractivity (Wildman–Crippen MR) is 160 cm³/mol. The molecule has 0 bridgehead atoms. The molecule has 4 aromatic rings. The van der Waals surface area contributed by atoms with Crippen LogP contribution in [0.15, 0.2) is 48.5 Å². The molecule has 0 N–H and O–H groups in total. The van der Waals surface area contributed by atoms with Crippen molar-refractivity contribution in [1.82, 2.24) is 29.8 Å². The first kappa shape index (κ1) is 33.0. The maximum absolute atomic E-state index is 12.0. The Morgan fingerprint density at radius 1 is 1.09 bits per heavy atom. The van der Waals surface area contributed by atoms with Gasteiger partial charge in [0.1, 0.15) is 24.7 Å². The molecule has 0 aliphatic rings. The van der Waals surface area contributed by atoms with E-state index in [1.165, 1.54) is 0 Å². The predicted octanol–water partition coefficient (Wildman–Crippen LogP) is 4.96. The van der Waals surface area contributed by atoms with Gasteiger partial charge in [-0.3, -0.25) is 4.79 Å². The van der Waals surface area contributed by atoms with Gasteiger partial charge in [0.05, 0.1) is 13.2 Å². The topological polar surface area (TPSA) is 176 Å². The summed E-state index contributed by atoms with van der Waals surface area (Å²) in [4.78, 5) is 43.5. The highest BCUT2D eigenvalue weighted by Crippen LogP contribution is 2.30. The summed E-state index contributed by atoms with van der Waals surface area (Å²) >= 11 is 6.23. The van der Waals surface area contributed by atoms with E-state index in [1.54, 1.807) is 6.92 Å². The van der Waals surface area contributed by atoms with Crippen LogP contribution in [0.3, 0.4) is 0 Å². The van der Waals surface area contributed by atoms with Gasteiger partial charge in [-0.05, 0) is 35.2 Å². The fourth-order valence-corrected chi connectivity index (χ4v) is 4.61. The average molecular weight is 642 g/mol.